The van der Waals surface area contributed by atoms with E-state index >= 15 is 0 Å². The molecular weight excluding hydrogens is 166 g/mol. The lowest BCUT2D eigenvalue weighted by molar-refractivity contribution is 0.225. The van der Waals surface area contributed by atoms with Crippen LogP contribution < -0.4 is 5.06 Å². The van der Waals surface area contributed by atoms with Crippen LogP contribution in [0.3, 0.4) is 0 Å². The minimum Gasteiger partial charge on any atom is -0.506 e. The minimum atomic E-state index is -0.0476. The first-order valence-electron chi connectivity index (χ1n) is 4.30. The minimum absolute atomic E-state index is 0.0476. The van der Waals surface area contributed by atoms with Crippen molar-refractivity contribution < 1.29 is 10.3 Å². The quantitative estimate of drug-likeness (QED) is 0.688. The second-order valence-corrected chi connectivity index (χ2v) is 3.43. The summed E-state index contributed by atoms with van der Waals surface area (Å²) >= 11 is 0. The molecule has 0 aromatic heterocycles. The van der Waals surface area contributed by atoms with Crippen LogP contribution in [0.5, 0.6) is 5.75 Å². The maximum Gasteiger partial charge on any atom is 0.141 e. The second-order valence-electron chi connectivity index (χ2n) is 3.43. The first-order chi connectivity index (χ1) is 6.02. The van der Waals surface area contributed by atoms with Gasteiger partial charge in [0.2, 0.25) is 0 Å². The number of phenolic OH excluding ortho intramolecular Hbond substituents is 1. The average molecular weight is 181 g/mol. The van der Waals surface area contributed by atoms with Gasteiger partial charge < -0.3 is 5.11 Å². The Hall–Kier alpha value is -1.22. The van der Waals surface area contributed by atoms with Gasteiger partial charge in [0.25, 0.3) is 0 Å². The summed E-state index contributed by atoms with van der Waals surface area (Å²) in [6.07, 6.45) is 0. The largest absolute Gasteiger partial charge is 0.506 e. The highest BCUT2D eigenvalue weighted by molar-refractivity contribution is 5.57. The fourth-order valence-electron chi connectivity index (χ4n) is 1.11. The van der Waals surface area contributed by atoms with Crippen molar-refractivity contribution in [1.29, 1.82) is 0 Å². The molecule has 0 aliphatic rings. The molecule has 3 nitrogen and oxygen atoms in total. The predicted molar refractivity (Wildman–Crippen MR) is 52.2 cm³/mol. The lowest BCUT2D eigenvalue weighted by Gasteiger charge is -2.22. The molecule has 0 radical (unpaired) electrons. The molecule has 0 bridgehead atoms. The van der Waals surface area contributed by atoms with Crippen LogP contribution in [0.25, 0.3) is 0 Å². The predicted octanol–water partition coefficient (Wildman–Crippen LogP) is 2.30. The van der Waals surface area contributed by atoms with E-state index in [9.17, 15) is 10.3 Å². The van der Waals surface area contributed by atoms with Gasteiger partial charge in [-0.3, -0.25) is 10.3 Å². The fraction of sp³-hybridized carbons (Fsp3) is 0.400. The summed E-state index contributed by atoms with van der Waals surface area (Å²) < 4.78 is 0. The molecule has 1 aromatic carbocycles. The molecule has 0 fully saturated rings. The topological polar surface area (TPSA) is 43.7 Å². The van der Waals surface area contributed by atoms with Gasteiger partial charge >= 0.3 is 0 Å². The number of anilines is 1. The lowest BCUT2D eigenvalue weighted by atomic mass is 10.2. The van der Waals surface area contributed by atoms with E-state index in [-0.39, 0.29) is 11.8 Å². The summed E-state index contributed by atoms with van der Waals surface area (Å²) in [5.74, 6) is 0.108. The van der Waals surface area contributed by atoms with E-state index in [2.05, 4.69) is 0 Å². The Morgan fingerprint density at radius 2 is 1.92 bits per heavy atom. The Balaban J connectivity index is 3.01. The molecule has 0 saturated carbocycles. The zero-order valence-electron chi connectivity index (χ0n) is 8.15. The number of hydrogen-bond acceptors (Lipinski definition) is 3. The molecule has 0 aliphatic carbocycles. The number of hydroxylamine groups is 1. The highest BCUT2D eigenvalue weighted by Gasteiger charge is 2.11. The van der Waals surface area contributed by atoms with Crippen molar-refractivity contribution >= 4 is 5.69 Å². The van der Waals surface area contributed by atoms with E-state index in [0.717, 1.165) is 10.6 Å². The monoisotopic (exact) mass is 181 g/mol. The Morgan fingerprint density at radius 3 is 2.38 bits per heavy atom. The molecule has 0 saturated heterocycles. The number of aromatic hydroxyl groups is 1. The number of phenols is 1. The van der Waals surface area contributed by atoms with Crippen LogP contribution in [0.15, 0.2) is 18.2 Å². The molecule has 3 heteroatoms. The molecule has 0 spiro atoms. The molecule has 72 valence electrons. The van der Waals surface area contributed by atoms with E-state index in [0.29, 0.717) is 5.69 Å². The van der Waals surface area contributed by atoms with Gasteiger partial charge in [-0.25, -0.2) is 0 Å². The number of benzene rings is 1. The van der Waals surface area contributed by atoms with Gasteiger partial charge in [0.1, 0.15) is 11.4 Å². The SMILES string of the molecule is Cc1ccc(N(O)C(C)C)c(O)c1. The Kier molecular flexibility index (Phi) is 2.78. The van der Waals surface area contributed by atoms with Gasteiger partial charge in [-0.05, 0) is 38.5 Å². The number of nitrogens with zero attached hydrogens (tertiary/aromatic N) is 1. The normalized spacial score (nSPS) is 10.5. The highest BCUT2D eigenvalue weighted by atomic mass is 16.5. The summed E-state index contributed by atoms with van der Waals surface area (Å²) in [5.41, 5.74) is 1.42. The molecule has 1 rings (SSSR count). The summed E-state index contributed by atoms with van der Waals surface area (Å²) in [5, 5.41) is 20.1. The third-order valence-electron chi connectivity index (χ3n) is 1.87. The smallest absolute Gasteiger partial charge is 0.141 e. The van der Waals surface area contributed by atoms with Crippen molar-refractivity contribution in [3.05, 3.63) is 23.8 Å². The fourth-order valence-corrected chi connectivity index (χ4v) is 1.11. The van der Waals surface area contributed by atoms with Crippen LogP contribution in [0, 0.1) is 6.92 Å². The van der Waals surface area contributed by atoms with Crippen LogP contribution in [-0.2, 0) is 0 Å². The first-order valence-corrected chi connectivity index (χ1v) is 4.30. The van der Waals surface area contributed by atoms with Gasteiger partial charge in [-0.15, -0.1) is 0 Å². The third kappa shape index (κ3) is 2.12. The van der Waals surface area contributed by atoms with E-state index < -0.39 is 0 Å². The number of rotatable bonds is 2. The molecule has 0 atom stereocenters. The summed E-state index contributed by atoms with van der Waals surface area (Å²) in [7, 11) is 0. The molecule has 13 heavy (non-hydrogen) atoms. The van der Waals surface area contributed by atoms with E-state index in [1.54, 1.807) is 12.1 Å². The van der Waals surface area contributed by atoms with Crippen molar-refractivity contribution in [3.8, 4) is 5.75 Å². The van der Waals surface area contributed by atoms with Crippen LogP contribution in [0.1, 0.15) is 19.4 Å². The third-order valence-corrected chi connectivity index (χ3v) is 1.87. The molecule has 2 N–H and O–H groups in total. The van der Waals surface area contributed by atoms with Crippen LogP contribution in [0.2, 0.25) is 0 Å². The lowest BCUT2D eigenvalue weighted by Crippen LogP contribution is -2.26. The maximum atomic E-state index is 9.54. The van der Waals surface area contributed by atoms with Crippen molar-refractivity contribution in [2.75, 3.05) is 5.06 Å². The average Bonchev–Trinajstić information content (AvgIpc) is 2.03. The van der Waals surface area contributed by atoms with Crippen molar-refractivity contribution in [2.24, 2.45) is 0 Å². The second kappa shape index (κ2) is 3.66. The first kappa shape index (κ1) is 9.86. The number of hydrogen-bond donors (Lipinski definition) is 2. The van der Waals surface area contributed by atoms with E-state index in [1.807, 2.05) is 26.8 Å². The zero-order chi connectivity index (χ0) is 10.0. The van der Waals surface area contributed by atoms with Crippen molar-refractivity contribution in [1.82, 2.24) is 0 Å². The molecule has 0 heterocycles. The van der Waals surface area contributed by atoms with Gasteiger partial charge in [0.05, 0.1) is 6.04 Å². The van der Waals surface area contributed by atoms with Crippen molar-refractivity contribution in [2.45, 2.75) is 26.8 Å². The van der Waals surface area contributed by atoms with E-state index in [1.165, 1.54) is 0 Å². The van der Waals surface area contributed by atoms with E-state index in [4.69, 9.17) is 0 Å². The Labute approximate surface area is 78.2 Å². The molecule has 1 aromatic rings. The van der Waals surface area contributed by atoms with Gasteiger partial charge in [0.15, 0.2) is 0 Å². The van der Waals surface area contributed by atoms with Gasteiger partial charge in [0, 0.05) is 0 Å². The molecular formula is C10H15NO2. The van der Waals surface area contributed by atoms with Crippen LogP contribution >= 0.6 is 0 Å². The van der Waals surface area contributed by atoms with Gasteiger partial charge in [-0.2, -0.15) is 0 Å². The highest BCUT2D eigenvalue weighted by Crippen LogP contribution is 2.27. The standard InChI is InChI=1S/C10H15NO2/c1-7(2)11(13)9-5-4-8(3)6-10(9)12/h4-7,12-13H,1-3H3. The van der Waals surface area contributed by atoms with Gasteiger partial charge in [-0.1, -0.05) is 6.07 Å². The zero-order valence-corrected chi connectivity index (χ0v) is 8.15. The molecule has 0 unspecified atom stereocenters. The van der Waals surface area contributed by atoms with Crippen LogP contribution in [0.4, 0.5) is 5.69 Å². The Morgan fingerprint density at radius 1 is 1.31 bits per heavy atom. The van der Waals surface area contributed by atoms with Crippen LogP contribution in [-0.4, -0.2) is 16.4 Å². The Bertz CT molecular complexity index is 297. The van der Waals surface area contributed by atoms with Crippen molar-refractivity contribution in [3.63, 3.8) is 0 Å². The summed E-state index contributed by atoms with van der Waals surface area (Å²) in [6.45, 7) is 5.58. The summed E-state index contributed by atoms with van der Waals surface area (Å²) in [6, 6.07) is 5.13. The summed E-state index contributed by atoms with van der Waals surface area (Å²) in [4.78, 5) is 0. The number of aryl methyl sites for hydroxylation is 1. The molecule has 0 aliphatic heterocycles. The molecule has 0 amide bonds. The maximum absolute atomic E-state index is 9.54.